The highest BCUT2D eigenvalue weighted by atomic mass is 16.4. The number of nitrogens with zero attached hydrogens (tertiary/aromatic N) is 1. The van der Waals surface area contributed by atoms with Gasteiger partial charge in [-0.05, 0) is 30.9 Å². The standard InChI is InChI=1S/C22H22N2O3/c25-21(23-17-11-10-16(12-17)22(26)27)19-14-24(13-15-6-2-1-3-7-15)20-9-5-4-8-18(19)20/h1-9,14,16-17H,10-13H2,(H,23,25)(H,26,27)/t16-,17+/m1/s1. The van der Waals surface area contributed by atoms with Crippen molar-refractivity contribution in [3.63, 3.8) is 0 Å². The second-order valence-corrected chi connectivity index (χ2v) is 7.19. The number of rotatable bonds is 5. The molecular formula is C22H22N2O3. The van der Waals surface area contributed by atoms with E-state index in [4.69, 9.17) is 5.11 Å². The number of aliphatic carboxylic acids is 1. The Balaban J connectivity index is 1.58. The van der Waals surface area contributed by atoms with Crippen LogP contribution in [0.1, 0.15) is 35.2 Å². The van der Waals surface area contributed by atoms with Crippen LogP contribution in [0.2, 0.25) is 0 Å². The summed E-state index contributed by atoms with van der Waals surface area (Å²) in [6.07, 6.45) is 3.74. The molecule has 1 aromatic heterocycles. The number of hydrogen-bond acceptors (Lipinski definition) is 2. The molecule has 5 nitrogen and oxygen atoms in total. The molecule has 0 spiro atoms. The molecule has 138 valence electrons. The molecule has 5 heteroatoms. The quantitative estimate of drug-likeness (QED) is 0.727. The maximum atomic E-state index is 12.9. The van der Waals surface area contributed by atoms with Crippen molar-refractivity contribution in [2.75, 3.05) is 0 Å². The van der Waals surface area contributed by atoms with E-state index >= 15 is 0 Å². The lowest BCUT2D eigenvalue weighted by Gasteiger charge is -2.12. The molecule has 27 heavy (non-hydrogen) atoms. The van der Waals surface area contributed by atoms with Gasteiger partial charge in [0.1, 0.15) is 0 Å². The fraction of sp³-hybridized carbons (Fsp3) is 0.273. The minimum atomic E-state index is -0.772. The van der Waals surface area contributed by atoms with Gasteiger partial charge in [-0.1, -0.05) is 48.5 Å². The highest BCUT2D eigenvalue weighted by Crippen LogP contribution is 2.27. The number of fused-ring (bicyclic) bond motifs is 1. The van der Waals surface area contributed by atoms with Crippen molar-refractivity contribution >= 4 is 22.8 Å². The maximum absolute atomic E-state index is 12.9. The van der Waals surface area contributed by atoms with Crippen molar-refractivity contribution in [1.82, 2.24) is 9.88 Å². The highest BCUT2D eigenvalue weighted by molar-refractivity contribution is 6.07. The van der Waals surface area contributed by atoms with Crippen LogP contribution in [0.25, 0.3) is 10.9 Å². The summed E-state index contributed by atoms with van der Waals surface area (Å²) in [6, 6.07) is 17.9. The molecule has 1 amide bonds. The smallest absolute Gasteiger partial charge is 0.306 e. The van der Waals surface area contributed by atoms with E-state index in [0.717, 1.165) is 10.9 Å². The molecule has 0 radical (unpaired) electrons. The van der Waals surface area contributed by atoms with E-state index < -0.39 is 5.97 Å². The number of aromatic nitrogens is 1. The van der Waals surface area contributed by atoms with Crippen LogP contribution in [-0.2, 0) is 11.3 Å². The van der Waals surface area contributed by atoms with Crippen LogP contribution in [0.3, 0.4) is 0 Å². The molecular weight excluding hydrogens is 340 g/mol. The van der Waals surface area contributed by atoms with Crippen molar-refractivity contribution in [3.8, 4) is 0 Å². The number of carbonyl (C=O) groups is 2. The third-order valence-corrected chi connectivity index (χ3v) is 5.35. The molecule has 1 fully saturated rings. The lowest BCUT2D eigenvalue weighted by molar-refractivity contribution is -0.141. The Kier molecular flexibility index (Phi) is 4.67. The van der Waals surface area contributed by atoms with E-state index in [1.165, 1.54) is 5.56 Å². The van der Waals surface area contributed by atoms with Crippen molar-refractivity contribution in [1.29, 1.82) is 0 Å². The molecule has 2 N–H and O–H groups in total. The Morgan fingerprint density at radius 3 is 2.52 bits per heavy atom. The van der Waals surface area contributed by atoms with E-state index in [0.29, 0.717) is 31.4 Å². The lowest BCUT2D eigenvalue weighted by Crippen LogP contribution is -2.33. The number of hydrogen-bond donors (Lipinski definition) is 2. The molecule has 1 saturated carbocycles. The molecule has 2 atom stereocenters. The zero-order valence-electron chi connectivity index (χ0n) is 15.0. The zero-order valence-corrected chi connectivity index (χ0v) is 15.0. The molecule has 0 bridgehead atoms. The molecule has 2 aromatic carbocycles. The Morgan fingerprint density at radius 2 is 1.78 bits per heavy atom. The van der Waals surface area contributed by atoms with Crippen molar-refractivity contribution in [2.45, 2.75) is 31.8 Å². The van der Waals surface area contributed by atoms with Gasteiger partial charge in [0.15, 0.2) is 0 Å². The van der Waals surface area contributed by atoms with Crippen molar-refractivity contribution in [3.05, 3.63) is 71.9 Å². The molecule has 0 saturated heterocycles. The third-order valence-electron chi connectivity index (χ3n) is 5.35. The van der Waals surface area contributed by atoms with E-state index in [-0.39, 0.29) is 17.9 Å². The summed E-state index contributed by atoms with van der Waals surface area (Å²) in [5.41, 5.74) is 2.83. The topological polar surface area (TPSA) is 71.3 Å². The lowest BCUT2D eigenvalue weighted by atomic mass is 10.1. The summed E-state index contributed by atoms with van der Waals surface area (Å²) in [4.78, 5) is 24.0. The summed E-state index contributed by atoms with van der Waals surface area (Å²) in [6.45, 7) is 0.694. The van der Waals surface area contributed by atoms with Crippen LogP contribution < -0.4 is 5.32 Å². The molecule has 3 aromatic rings. The molecule has 1 aliphatic rings. The summed E-state index contributed by atoms with van der Waals surface area (Å²) in [7, 11) is 0. The van der Waals surface area contributed by atoms with Crippen LogP contribution in [0.4, 0.5) is 0 Å². The Morgan fingerprint density at radius 1 is 1.04 bits per heavy atom. The van der Waals surface area contributed by atoms with Gasteiger partial charge in [-0.15, -0.1) is 0 Å². The first kappa shape index (κ1) is 17.3. The number of nitrogens with one attached hydrogen (secondary N) is 1. The number of carbonyl (C=O) groups excluding carboxylic acids is 1. The van der Waals surface area contributed by atoms with Crippen LogP contribution in [0.15, 0.2) is 60.8 Å². The third kappa shape index (κ3) is 3.58. The molecule has 1 aliphatic carbocycles. The van der Waals surface area contributed by atoms with E-state index in [1.807, 2.05) is 48.7 Å². The molecule has 1 heterocycles. The van der Waals surface area contributed by atoms with Gasteiger partial charge in [-0.2, -0.15) is 0 Å². The first-order chi connectivity index (χ1) is 13.1. The van der Waals surface area contributed by atoms with Gasteiger partial charge in [-0.3, -0.25) is 9.59 Å². The predicted molar refractivity (Wildman–Crippen MR) is 104 cm³/mol. The largest absolute Gasteiger partial charge is 0.481 e. The second kappa shape index (κ2) is 7.27. The highest BCUT2D eigenvalue weighted by Gasteiger charge is 2.31. The Bertz CT molecular complexity index is 978. The summed E-state index contributed by atoms with van der Waals surface area (Å²) >= 11 is 0. The Hall–Kier alpha value is -3.08. The molecule has 0 unspecified atom stereocenters. The minimum Gasteiger partial charge on any atom is -0.481 e. The van der Waals surface area contributed by atoms with Crippen LogP contribution >= 0.6 is 0 Å². The fourth-order valence-corrected chi connectivity index (χ4v) is 3.94. The average Bonchev–Trinajstić information content (AvgIpc) is 3.28. The minimum absolute atomic E-state index is 0.0742. The van der Waals surface area contributed by atoms with Gasteiger partial charge < -0.3 is 15.0 Å². The zero-order chi connectivity index (χ0) is 18.8. The van der Waals surface area contributed by atoms with E-state index in [2.05, 4.69) is 22.0 Å². The van der Waals surface area contributed by atoms with Gasteiger partial charge in [0.25, 0.3) is 5.91 Å². The van der Waals surface area contributed by atoms with Crippen LogP contribution in [0.5, 0.6) is 0 Å². The molecule has 0 aliphatic heterocycles. The van der Waals surface area contributed by atoms with Crippen LogP contribution in [0, 0.1) is 5.92 Å². The van der Waals surface area contributed by atoms with Crippen molar-refractivity contribution in [2.24, 2.45) is 5.92 Å². The van der Waals surface area contributed by atoms with Gasteiger partial charge in [-0.25, -0.2) is 0 Å². The maximum Gasteiger partial charge on any atom is 0.306 e. The molecule has 4 rings (SSSR count). The summed E-state index contributed by atoms with van der Waals surface area (Å²) in [5, 5.41) is 13.1. The van der Waals surface area contributed by atoms with E-state index in [9.17, 15) is 9.59 Å². The van der Waals surface area contributed by atoms with Crippen LogP contribution in [-0.4, -0.2) is 27.6 Å². The normalized spacial score (nSPS) is 19.3. The number of carboxylic acids is 1. The number of carboxylic acid groups (broad SMARTS) is 1. The Labute approximate surface area is 157 Å². The number of para-hydroxylation sites is 1. The SMILES string of the molecule is O=C(N[C@H]1CC[C@@H](C(=O)O)C1)c1cn(Cc2ccccc2)c2ccccc12. The summed E-state index contributed by atoms with van der Waals surface area (Å²) in [5.74, 6) is -1.25. The average molecular weight is 362 g/mol. The number of benzene rings is 2. The first-order valence-corrected chi connectivity index (χ1v) is 9.27. The first-order valence-electron chi connectivity index (χ1n) is 9.27. The predicted octanol–water partition coefficient (Wildman–Crippen LogP) is 3.67. The van der Waals surface area contributed by atoms with Gasteiger partial charge >= 0.3 is 5.97 Å². The van der Waals surface area contributed by atoms with Gasteiger partial charge in [0.05, 0.1) is 11.5 Å². The summed E-state index contributed by atoms with van der Waals surface area (Å²) < 4.78 is 2.09. The van der Waals surface area contributed by atoms with E-state index in [1.54, 1.807) is 0 Å². The van der Waals surface area contributed by atoms with Crippen molar-refractivity contribution < 1.29 is 14.7 Å². The van der Waals surface area contributed by atoms with Gasteiger partial charge in [0.2, 0.25) is 0 Å². The monoisotopic (exact) mass is 362 g/mol. The number of amides is 1. The second-order valence-electron chi connectivity index (χ2n) is 7.19. The fourth-order valence-electron chi connectivity index (χ4n) is 3.94. The van der Waals surface area contributed by atoms with Gasteiger partial charge in [0, 0.05) is 29.7 Å².